The van der Waals surface area contributed by atoms with Crippen molar-refractivity contribution in [3.63, 3.8) is 0 Å². The largest absolute Gasteiger partial charge is 0.480 e. The van der Waals surface area contributed by atoms with Crippen LogP contribution < -0.4 is 5.73 Å². The molecule has 0 aliphatic rings. The van der Waals surface area contributed by atoms with Crippen LogP contribution in [0.4, 0.5) is 0 Å². The SMILES string of the molecule is NC(CS/C(Cl)=C\Cl)C(=O)O. The van der Waals surface area contributed by atoms with E-state index in [9.17, 15) is 4.79 Å². The molecule has 1 atom stereocenters. The summed E-state index contributed by atoms with van der Waals surface area (Å²) in [6, 6.07) is -0.898. The lowest BCUT2D eigenvalue weighted by Gasteiger charge is -2.03. The zero-order chi connectivity index (χ0) is 8.85. The van der Waals surface area contributed by atoms with Crippen LogP contribution in [0, 0.1) is 0 Å². The van der Waals surface area contributed by atoms with Crippen LogP contribution in [0.1, 0.15) is 0 Å². The van der Waals surface area contributed by atoms with Gasteiger partial charge in [0.2, 0.25) is 0 Å². The average Bonchev–Trinajstić information content (AvgIpc) is 1.99. The molecule has 0 saturated carbocycles. The number of nitrogens with two attached hydrogens (primary N) is 1. The molecule has 0 aromatic rings. The van der Waals surface area contributed by atoms with E-state index in [0.29, 0.717) is 4.36 Å². The number of aliphatic carboxylic acids is 1. The van der Waals surface area contributed by atoms with Crippen molar-refractivity contribution in [2.75, 3.05) is 5.75 Å². The molecule has 0 spiro atoms. The van der Waals surface area contributed by atoms with Crippen LogP contribution in [-0.4, -0.2) is 22.9 Å². The Labute approximate surface area is 78.5 Å². The molecule has 3 N–H and O–H groups in total. The van der Waals surface area contributed by atoms with E-state index in [-0.39, 0.29) is 5.75 Å². The molecule has 0 amide bonds. The van der Waals surface area contributed by atoms with Crippen molar-refractivity contribution in [1.82, 2.24) is 0 Å². The summed E-state index contributed by atoms with van der Waals surface area (Å²) < 4.78 is 0.336. The lowest BCUT2D eigenvalue weighted by Crippen LogP contribution is -2.32. The van der Waals surface area contributed by atoms with Gasteiger partial charge in [-0.2, -0.15) is 0 Å². The van der Waals surface area contributed by atoms with E-state index in [1.165, 1.54) is 5.54 Å². The van der Waals surface area contributed by atoms with Gasteiger partial charge in [0.1, 0.15) is 6.04 Å². The molecule has 0 fully saturated rings. The summed E-state index contributed by atoms with van der Waals surface area (Å²) in [6.45, 7) is 0. The number of thioether (sulfide) groups is 1. The van der Waals surface area contributed by atoms with Crippen molar-refractivity contribution in [1.29, 1.82) is 0 Å². The number of carboxylic acids is 1. The van der Waals surface area contributed by atoms with Crippen molar-refractivity contribution in [2.45, 2.75) is 6.04 Å². The molecular weight excluding hydrogens is 209 g/mol. The summed E-state index contributed by atoms with van der Waals surface area (Å²) in [4.78, 5) is 10.2. The van der Waals surface area contributed by atoms with Gasteiger partial charge in [-0.05, 0) is 0 Å². The third-order valence-corrected chi connectivity index (χ3v) is 2.62. The number of carbonyl (C=O) groups is 1. The topological polar surface area (TPSA) is 63.3 Å². The first-order valence-electron chi connectivity index (χ1n) is 2.65. The summed E-state index contributed by atoms with van der Waals surface area (Å²) >= 11 is 11.8. The van der Waals surface area contributed by atoms with E-state index in [4.69, 9.17) is 34.0 Å². The number of halogens is 2. The van der Waals surface area contributed by atoms with Gasteiger partial charge in [-0.15, -0.1) is 11.8 Å². The van der Waals surface area contributed by atoms with Gasteiger partial charge < -0.3 is 10.8 Å². The molecule has 6 heteroatoms. The maximum absolute atomic E-state index is 10.2. The van der Waals surface area contributed by atoms with E-state index >= 15 is 0 Å². The second kappa shape index (κ2) is 5.71. The highest BCUT2D eigenvalue weighted by Crippen LogP contribution is 2.20. The maximum Gasteiger partial charge on any atom is 0.321 e. The Balaban J connectivity index is 3.62. The van der Waals surface area contributed by atoms with Crippen molar-refractivity contribution in [3.8, 4) is 0 Å². The predicted octanol–water partition coefficient (Wildman–Crippen LogP) is 1.41. The summed E-state index contributed by atoms with van der Waals surface area (Å²) in [6.07, 6.45) is 0. The van der Waals surface area contributed by atoms with Gasteiger partial charge in [-0.1, -0.05) is 23.2 Å². The Kier molecular flexibility index (Phi) is 5.76. The summed E-state index contributed by atoms with van der Waals surface area (Å²) in [5.41, 5.74) is 6.34. The highest BCUT2D eigenvalue weighted by atomic mass is 35.5. The van der Waals surface area contributed by atoms with Gasteiger partial charge in [-0.3, -0.25) is 4.79 Å². The molecule has 0 aliphatic heterocycles. The first-order valence-corrected chi connectivity index (χ1v) is 4.45. The van der Waals surface area contributed by atoms with Crippen LogP contribution in [0.25, 0.3) is 0 Å². The fourth-order valence-electron chi connectivity index (χ4n) is 0.272. The third kappa shape index (κ3) is 5.38. The molecule has 0 bridgehead atoms. The van der Waals surface area contributed by atoms with E-state index < -0.39 is 12.0 Å². The lowest BCUT2D eigenvalue weighted by molar-refractivity contribution is -0.137. The quantitative estimate of drug-likeness (QED) is 0.745. The average molecular weight is 216 g/mol. The van der Waals surface area contributed by atoms with Gasteiger partial charge in [-0.25, -0.2) is 0 Å². The Morgan fingerprint density at radius 1 is 1.82 bits per heavy atom. The Morgan fingerprint density at radius 3 is 2.73 bits per heavy atom. The van der Waals surface area contributed by atoms with Crippen LogP contribution in [0.2, 0.25) is 0 Å². The Morgan fingerprint density at radius 2 is 2.36 bits per heavy atom. The molecular formula is C5H7Cl2NO2S. The minimum atomic E-state index is -1.04. The van der Waals surface area contributed by atoms with Gasteiger partial charge in [0.05, 0.1) is 4.36 Å². The van der Waals surface area contributed by atoms with Crippen molar-refractivity contribution >= 4 is 40.9 Å². The van der Waals surface area contributed by atoms with Gasteiger partial charge in [0.15, 0.2) is 0 Å². The molecule has 1 unspecified atom stereocenters. The highest BCUT2D eigenvalue weighted by Gasteiger charge is 2.11. The summed E-state index contributed by atoms with van der Waals surface area (Å²) in [5, 5.41) is 8.33. The van der Waals surface area contributed by atoms with Gasteiger partial charge >= 0.3 is 5.97 Å². The smallest absolute Gasteiger partial charge is 0.321 e. The minimum absolute atomic E-state index is 0.220. The zero-order valence-corrected chi connectivity index (χ0v) is 7.79. The van der Waals surface area contributed by atoms with Crippen LogP contribution >= 0.6 is 35.0 Å². The zero-order valence-electron chi connectivity index (χ0n) is 5.46. The molecule has 64 valence electrons. The van der Waals surface area contributed by atoms with Crippen molar-refractivity contribution < 1.29 is 9.90 Å². The second-order valence-electron chi connectivity index (χ2n) is 1.67. The van der Waals surface area contributed by atoms with E-state index in [2.05, 4.69) is 0 Å². The molecule has 0 aromatic carbocycles. The molecule has 0 rings (SSSR count). The summed E-state index contributed by atoms with van der Waals surface area (Å²) in [5.74, 6) is -0.825. The molecule has 0 radical (unpaired) electrons. The standard InChI is InChI=1S/C5H7Cl2NO2S/c6-1-4(7)11-2-3(8)5(9)10/h1,3H,2,8H2,(H,9,10)/b4-1-. The third-order valence-electron chi connectivity index (χ3n) is 0.804. The minimum Gasteiger partial charge on any atom is -0.480 e. The number of carboxylic acid groups (broad SMARTS) is 1. The number of rotatable bonds is 4. The summed E-state index contributed by atoms with van der Waals surface area (Å²) in [7, 11) is 0. The highest BCUT2D eigenvalue weighted by molar-refractivity contribution is 8.04. The van der Waals surface area contributed by atoms with Crippen LogP contribution in [-0.2, 0) is 4.79 Å². The first-order chi connectivity index (χ1) is 5.07. The van der Waals surface area contributed by atoms with Crippen LogP contribution in [0.3, 0.4) is 0 Å². The Bertz CT molecular complexity index is 174. The molecule has 0 aliphatic carbocycles. The molecule has 3 nitrogen and oxygen atoms in total. The Hall–Kier alpha value is 0.1000. The number of hydrogen-bond acceptors (Lipinski definition) is 3. The molecule has 0 heterocycles. The normalized spacial score (nSPS) is 14.6. The fourth-order valence-corrected chi connectivity index (χ4v) is 1.19. The lowest BCUT2D eigenvalue weighted by atomic mass is 10.4. The van der Waals surface area contributed by atoms with E-state index in [0.717, 1.165) is 11.8 Å². The van der Waals surface area contributed by atoms with Crippen molar-refractivity contribution in [3.05, 3.63) is 9.90 Å². The second-order valence-corrected chi connectivity index (χ2v) is 3.58. The molecule has 0 aromatic heterocycles. The van der Waals surface area contributed by atoms with E-state index in [1.807, 2.05) is 0 Å². The van der Waals surface area contributed by atoms with Gasteiger partial charge in [0.25, 0.3) is 0 Å². The fraction of sp³-hybridized carbons (Fsp3) is 0.400. The monoisotopic (exact) mass is 215 g/mol. The van der Waals surface area contributed by atoms with Crippen molar-refractivity contribution in [2.24, 2.45) is 5.73 Å². The predicted molar refractivity (Wildman–Crippen MR) is 47.9 cm³/mol. The maximum atomic E-state index is 10.2. The van der Waals surface area contributed by atoms with Crippen LogP contribution in [0.5, 0.6) is 0 Å². The number of hydrogen-bond donors (Lipinski definition) is 2. The van der Waals surface area contributed by atoms with Gasteiger partial charge in [0, 0.05) is 11.3 Å². The van der Waals surface area contributed by atoms with Crippen LogP contribution in [0.15, 0.2) is 9.90 Å². The molecule has 11 heavy (non-hydrogen) atoms. The first kappa shape index (κ1) is 11.1. The molecule has 0 saturated heterocycles. The van der Waals surface area contributed by atoms with E-state index in [1.54, 1.807) is 0 Å².